The van der Waals surface area contributed by atoms with Gasteiger partial charge in [-0.3, -0.25) is 9.98 Å². The van der Waals surface area contributed by atoms with Crippen molar-refractivity contribution in [3.05, 3.63) is 59.7 Å². The number of phenolic OH excluding ortho intramolecular Hbond substituents is 2. The van der Waals surface area contributed by atoms with E-state index in [4.69, 9.17) is 0 Å². The van der Waals surface area contributed by atoms with Crippen LogP contribution in [0.3, 0.4) is 0 Å². The normalized spacial score (nSPS) is 11.6. The number of hydrogen-bond acceptors (Lipinski definition) is 4. The molecule has 2 rings (SSSR count). The predicted molar refractivity (Wildman–Crippen MR) is 113 cm³/mol. The highest BCUT2D eigenvalue weighted by Gasteiger charge is 1.96. The first kappa shape index (κ1) is 20.7. The molecule has 0 unspecified atom stereocenters. The van der Waals surface area contributed by atoms with Gasteiger partial charge in [0, 0.05) is 36.6 Å². The molecule has 0 aromatic heterocycles. The second-order valence-corrected chi connectivity index (χ2v) is 6.66. The lowest BCUT2D eigenvalue weighted by atomic mass is 10.1. The molecule has 0 aliphatic heterocycles. The van der Waals surface area contributed by atoms with E-state index in [0.717, 1.165) is 37.1 Å². The molecule has 0 saturated carbocycles. The van der Waals surface area contributed by atoms with Crippen molar-refractivity contribution in [2.24, 2.45) is 9.98 Å². The molecule has 0 atom stereocenters. The summed E-state index contributed by atoms with van der Waals surface area (Å²) in [4.78, 5) is 8.77. The second kappa shape index (κ2) is 12.7. The van der Waals surface area contributed by atoms with E-state index in [1.165, 1.54) is 32.1 Å². The van der Waals surface area contributed by atoms with Crippen molar-refractivity contribution < 1.29 is 10.2 Å². The second-order valence-electron chi connectivity index (χ2n) is 6.66. The Labute approximate surface area is 162 Å². The van der Waals surface area contributed by atoms with Crippen LogP contribution in [0.1, 0.15) is 56.1 Å². The Bertz CT molecular complexity index is 664. The Hall–Kier alpha value is -2.62. The van der Waals surface area contributed by atoms with E-state index in [0.29, 0.717) is 0 Å². The zero-order valence-electron chi connectivity index (χ0n) is 15.9. The standard InChI is InChI=1S/C23H30N2O2/c26-22-14-8-6-12-20(22)18-24-16-10-4-2-1-3-5-11-17-25-19-21-13-7-9-15-23(21)27/h6-9,12-15,18-19,26-27H,1-5,10-11,16-17H2. The molecule has 0 heterocycles. The minimum absolute atomic E-state index is 0.283. The van der Waals surface area contributed by atoms with Gasteiger partial charge in [0.1, 0.15) is 11.5 Å². The number of hydrogen-bond donors (Lipinski definition) is 2. The Morgan fingerprint density at radius 2 is 0.926 bits per heavy atom. The lowest BCUT2D eigenvalue weighted by Gasteiger charge is -2.01. The SMILES string of the molecule is Oc1ccccc1C=NCCCCCCCCCN=Cc1ccccc1O. The molecule has 0 amide bonds. The number of nitrogens with zero attached hydrogens (tertiary/aromatic N) is 2. The van der Waals surface area contributed by atoms with Crippen LogP contribution in [-0.4, -0.2) is 35.7 Å². The highest BCUT2D eigenvalue weighted by molar-refractivity contribution is 5.83. The fourth-order valence-corrected chi connectivity index (χ4v) is 2.81. The molecule has 0 spiro atoms. The van der Waals surface area contributed by atoms with Crippen LogP contribution in [0.15, 0.2) is 58.5 Å². The molecule has 27 heavy (non-hydrogen) atoms. The molecule has 2 N–H and O–H groups in total. The number of phenols is 2. The molecule has 4 nitrogen and oxygen atoms in total. The molecule has 144 valence electrons. The number of aliphatic imine (C=N–C) groups is 2. The van der Waals surface area contributed by atoms with Gasteiger partial charge in [-0.05, 0) is 37.1 Å². The molecule has 0 aliphatic carbocycles. The fourth-order valence-electron chi connectivity index (χ4n) is 2.81. The van der Waals surface area contributed by atoms with Gasteiger partial charge in [-0.2, -0.15) is 0 Å². The first-order chi connectivity index (χ1) is 13.3. The molecular weight excluding hydrogens is 336 g/mol. The average Bonchev–Trinajstić information content (AvgIpc) is 2.68. The van der Waals surface area contributed by atoms with Crippen LogP contribution in [-0.2, 0) is 0 Å². The summed E-state index contributed by atoms with van der Waals surface area (Å²) in [5, 5.41) is 19.3. The van der Waals surface area contributed by atoms with Gasteiger partial charge in [-0.15, -0.1) is 0 Å². The summed E-state index contributed by atoms with van der Waals surface area (Å²) in [5.41, 5.74) is 1.56. The van der Waals surface area contributed by atoms with Gasteiger partial charge in [0.15, 0.2) is 0 Å². The summed E-state index contributed by atoms with van der Waals surface area (Å²) in [6, 6.07) is 14.5. The zero-order chi connectivity index (χ0) is 19.2. The fraction of sp³-hybridized carbons (Fsp3) is 0.391. The van der Waals surface area contributed by atoms with E-state index in [1.807, 2.05) is 36.4 Å². The van der Waals surface area contributed by atoms with E-state index in [2.05, 4.69) is 9.98 Å². The first-order valence-corrected chi connectivity index (χ1v) is 9.83. The van der Waals surface area contributed by atoms with E-state index in [9.17, 15) is 10.2 Å². The van der Waals surface area contributed by atoms with E-state index in [-0.39, 0.29) is 11.5 Å². The Morgan fingerprint density at radius 3 is 1.33 bits per heavy atom. The van der Waals surface area contributed by atoms with Crippen molar-refractivity contribution in [3.63, 3.8) is 0 Å². The maximum Gasteiger partial charge on any atom is 0.124 e. The van der Waals surface area contributed by atoms with Crippen LogP contribution < -0.4 is 0 Å². The molecule has 2 aromatic rings. The van der Waals surface area contributed by atoms with Crippen molar-refractivity contribution in [1.29, 1.82) is 0 Å². The number of rotatable bonds is 12. The highest BCUT2D eigenvalue weighted by atomic mass is 16.3. The van der Waals surface area contributed by atoms with Gasteiger partial charge in [0.2, 0.25) is 0 Å². The maximum atomic E-state index is 9.65. The Balaban J connectivity index is 1.43. The van der Waals surface area contributed by atoms with Gasteiger partial charge in [-0.1, -0.05) is 56.4 Å². The van der Waals surface area contributed by atoms with Crippen LogP contribution in [0.5, 0.6) is 11.5 Å². The van der Waals surface area contributed by atoms with Crippen molar-refractivity contribution in [1.82, 2.24) is 0 Å². The molecule has 0 radical (unpaired) electrons. The number of para-hydroxylation sites is 2. The minimum Gasteiger partial charge on any atom is -0.507 e. The van der Waals surface area contributed by atoms with Gasteiger partial charge in [-0.25, -0.2) is 0 Å². The van der Waals surface area contributed by atoms with Crippen molar-refractivity contribution in [2.75, 3.05) is 13.1 Å². The van der Waals surface area contributed by atoms with Crippen LogP contribution >= 0.6 is 0 Å². The monoisotopic (exact) mass is 366 g/mol. The maximum absolute atomic E-state index is 9.65. The van der Waals surface area contributed by atoms with E-state index >= 15 is 0 Å². The van der Waals surface area contributed by atoms with Crippen molar-refractivity contribution in [2.45, 2.75) is 44.9 Å². The summed E-state index contributed by atoms with van der Waals surface area (Å²) in [7, 11) is 0. The molecular formula is C23H30N2O2. The average molecular weight is 367 g/mol. The van der Waals surface area contributed by atoms with Crippen molar-refractivity contribution >= 4 is 12.4 Å². The molecule has 0 aliphatic rings. The van der Waals surface area contributed by atoms with Gasteiger partial charge in [0.05, 0.1) is 0 Å². The van der Waals surface area contributed by atoms with Crippen LogP contribution in [0, 0.1) is 0 Å². The van der Waals surface area contributed by atoms with Crippen molar-refractivity contribution in [3.8, 4) is 11.5 Å². The predicted octanol–water partition coefficient (Wildman–Crippen LogP) is 5.37. The summed E-state index contributed by atoms with van der Waals surface area (Å²) in [5.74, 6) is 0.567. The Kier molecular flexibility index (Phi) is 9.72. The number of benzene rings is 2. The molecule has 4 heteroatoms. The third-order valence-corrected chi connectivity index (χ3v) is 4.41. The Morgan fingerprint density at radius 1 is 0.556 bits per heavy atom. The minimum atomic E-state index is 0.283. The zero-order valence-corrected chi connectivity index (χ0v) is 15.9. The molecule has 0 fully saturated rings. The summed E-state index contributed by atoms with van der Waals surface area (Å²) < 4.78 is 0. The van der Waals surface area contributed by atoms with Gasteiger partial charge in [0.25, 0.3) is 0 Å². The number of aromatic hydroxyl groups is 2. The number of unbranched alkanes of at least 4 members (excludes halogenated alkanes) is 6. The summed E-state index contributed by atoms with van der Waals surface area (Å²) >= 11 is 0. The molecule has 0 bridgehead atoms. The van der Waals surface area contributed by atoms with Gasteiger partial charge < -0.3 is 10.2 Å². The first-order valence-electron chi connectivity index (χ1n) is 9.83. The largest absolute Gasteiger partial charge is 0.507 e. The van der Waals surface area contributed by atoms with Crippen LogP contribution in [0.4, 0.5) is 0 Å². The van der Waals surface area contributed by atoms with E-state index in [1.54, 1.807) is 24.6 Å². The summed E-state index contributed by atoms with van der Waals surface area (Å²) in [6.07, 6.45) is 11.8. The molecule has 2 aromatic carbocycles. The highest BCUT2D eigenvalue weighted by Crippen LogP contribution is 2.14. The topological polar surface area (TPSA) is 65.2 Å². The van der Waals surface area contributed by atoms with E-state index < -0.39 is 0 Å². The van der Waals surface area contributed by atoms with Crippen LogP contribution in [0.25, 0.3) is 0 Å². The van der Waals surface area contributed by atoms with Crippen LogP contribution in [0.2, 0.25) is 0 Å². The lowest BCUT2D eigenvalue weighted by molar-refractivity contribution is 0.474. The lowest BCUT2D eigenvalue weighted by Crippen LogP contribution is -1.88. The summed E-state index contributed by atoms with van der Waals surface area (Å²) in [6.45, 7) is 1.63. The van der Waals surface area contributed by atoms with Gasteiger partial charge >= 0.3 is 0 Å². The third-order valence-electron chi connectivity index (χ3n) is 4.41. The third kappa shape index (κ3) is 8.54. The molecule has 0 saturated heterocycles. The quantitative estimate of drug-likeness (QED) is 0.392. The smallest absolute Gasteiger partial charge is 0.124 e.